The van der Waals surface area contributed by atoms with E-state index < -0.39 is 27.0 Å². The molecule has 0 aromatic heterocycles. The summed E-state index contributed by atoms with van der Waals surface area (Å²) >= 11 is 1.11. The summed E-state index contributed by atoms with van der Waals surface area (Å²) < 4.78 is 0. The van der Waals surface area contributed by atoms with E-state index in [1.807, 2.05) is 0 Å². The maximum atomic E-state index is 12.3. The van der Waals surface area contributed by atoms with E-state index >= 15 is 0 Å². The van der Waals surface area contributed by atoms with Gasteiger partial charge < -0.3 is 5.11 Å². The number of nitro groups is 2. The molecule has 0 saturated heterocycles. The molecule has 0 bridgehead atoms. The molecule has 9 heteroatoms. The zero-order chi connectivity index (χ0) is 17.4. The molecular weight excluding hydrogens is 336 g/mol. The van der Waals surface area contributed by atoms with E-state index in [1.165, 1.54) is 0 Å². The molecule has 0 amide bonds. The fourth-order valence-corrected chi connectivity index (χ4v) is 3.29. The maximum Gasteiger partial charge on any atom is 0.276 e. The van der Waals surface area contributed by atoms with Crippen LogP contribution in [-0.4, -0.2) is 15.6 Å². The number of hydrogen-bond acceptors (Lipinski definition) is 7. The van der Waals surface area contributed by atoms with Crippen molar-refractivity contribution in [3.8, 4) is 5.75 Å². The van der Waals surface area contributed by atoms with E-state index in [0.717, 1.165) is 23.9 Å². The third-order valence-electron chi connectivity index (χ3n) is 3.35. The van der Waals surface area contributed by atoms with Crippen molar-refractivity contribution < 1.29 is 19.7 Å². The van der Waals surface area contributed by atoms with Crippen LogP contribution in [-0.2, 0) is 0 Å². The highest BCUT2D eigenvalue weighted by Gasteiger charge is 2.26. The summed E-state index contributed by atoms with van der Waals surface area (Å²) in [4.78, 5) is 33.2. The van der Waals surface area contributed by atoms with Crippen LogP contribution in [0.1, 0.15) is 15.9 Å². The minimum absolute atomic E-state index is 0.183. The summed E-state index contributed by atoms with van der Waals surface area (Å²) in [6.07, 6.45) is 1.16. The van der Waals surface area contributed by atoms with Gasteiger partial charge in [0, 0.05) is 16.5 Å². The Balaban J connectivity index is 2.12. The lowest BCUT2D eigenvalue weighted by atomic mass is 10.1. The van der Waals surface area contributed by atoms with Crippen LogP contribution in [0.5, 0.6) is 5.75 Å². The number of Topliss-reactive ketones (excluding diaryl/α,β-unsaturated/α-hetero) is 1. The van der Waals surface area contributed by atoms with E-state index in [-0.39, 0.29) is 16.3 Å². The standard InChI is InChI=1S/C15H8N2O6S/c18-14-8(5-9(16(20)21)7-11(14)17(22)23)6-13-15(19)10-3-1-2-4-12(10)24-13/h1-7,18H/p-1/b13-6-. The van der Waals surface area contributed by atoms with Gasteiger partial charge in [-0.05, 0) is 29.5 Å². The van der Waals surface area contributed by atoms with Crippen molar-refractivity contribution in [2.75, 3.05) is 0 Å². The van der Waals surface area contributed by atoms with E-state index in [2.05, 4.69) is 0 Å². The first-order valence-corrected chi connectivity index (χ1v) is 7.37. The van der Waals surface area contributed by atoms with Crippen molar-refractivity contribution in [1.29, 1.82) is 0 Å². The molecule has 0 spiro atoms. The first kappa shape index (κ1) is 15.7. The van der Waals surface area contributed by atoms with Crippen molar-refractivity contribution in [3.63, 3.8) is 0 Å². The monoisotopic (exact) mass is 343 g/mol. The van der Waals surface area contributed by atoms with E-state index in [4.69, 9.17) is 0 Å². The summed E-state index contributed by atoms with van der Waals surface area (Å²) in [5.41, 5.74) is -1.29. The highest BCUT2D eigenvalue weighted by atomic mass is 32.2. The highest BCUT2D eigenvalue weighted by molar-refractivity contribution is 8.04. The molecule has 120 valence electrons. The maximum absolute atomic E-state index is 12.3. The van der Waals surface area contributed by atoms with Crippen LogP contribution in [0.3, 0.4) is 0 Å². The molecule has 0 N–H and O–H groups in total. The van der Waals surface area contributed by atoms with Gasteiger partial charge in [-0.3, -0.25) is 25.0 Å². The summed E-state index contributed by atoms with van der Waals surface area (Å²) in [5.74, 6) is -1.30. The fourth-order valence-electron chi connectivity index (χ4n) is 2.25. The summed E-state index contributed by atoms with van der Waals surface area (Å²) in [6.45, 7) is 0. The first-order chi connectivity index (χ1) is 11.4. The predicted octanol–water partition coefficient (Wildman–Crippen LogP) is 2.91. The number of thioether (sulfide) groups is 1. The lowest BCUT2D eigenvalue weighted by Gasteiger charge is -2.11. The van der Waals surface area contributed by atoms with Crippen LogP contribution >= 0.6 is 11.8 Å². The number of benzene rings is 2. The second kappa shape index (κ2) is 5.78. The number of nitro benzene ring substituents is 2. The van der Waals surface area contributed by atoms with E-state index in [0.29, 0.717) is 16.5 Å². The van der Waals surface area contributed by atoms with Crippen molar-refractivity contribution in [2.45, 2.75) is 4.90 Å². The van der Waals surface area contributed by atoms with Gasteiger partial charge in [0.1, 0.15) is 0 Å². The van der Waals surface area contributed by atoms with Gasteiger partial charge in [-0.25, -0.2) is 0 Å². The van der Waals surface area contributed by atoms with E-state index in [9.17, 15) is 30.1 Å². The van der Waals surface area contributed by atoms with Crippen molar-refractivity contribution >= 4 is 35.0 Å². The molecule has 24 heavy (non-hydrogen) atoms. The number of non-ortho nitro benzene ring substituents is 1. The van der Waals surface area contributed by atoms with Crippen LogP contribution < -0.4 is 5.11 Å². The molecule has 1 heterocycles. The molecule has 2 aromatic carbocycles. The van der Waals surface area contributed by atoms with Gasteiger partial charge >= 0.3 is 0 Å². The van der Waals surface area contributed by atoms with Crippen LogP contribution in [0, 0.1) is 20.2 Å². The molecule has 0 saturated carbocycles. The Labute approximate surface area is 138 Å². The van der Waals surface area contributed by atoms with Gasteiger partial charge in [-0.15, -0.1) is 0 Å². The quantitative estimate of drug-likeness (QED) is 0.476. The van der Waals surface area contributed by atoms with Crippen LogP contribution in [0.15, 0.2) is 46.2 Å². The Bertz CT molecular complexity index is 938. The van der Waals surface area contributed by atoms with Gasteiger partial charge in [0.25, 0.3) is 11.4 Å². The van der Waals surface area contributed by atoms with Gasteiger partial charge in [0.05, 0.1) is 20.8 Å². The molecule has 3 rings (SSSR count). The smallest absolute Gasteiger partial charge is 0.276 e. The lowest BCUT2D eigenvalue weighted by molar-refractivity contribution is -0.403. The Hall–Kier alpha value is -3.20. The normalized spacial score (nSPS) is 14.7. The molecular formula is C15H7N2O6S-. The number of nitrogens with zero attached hydrogens (tertiary/aromatic N) is 2. The topological polar surface area (TPSA) is 126 Å². The lowest BCUT2D eigenvalue weighted by Crippen LogP contribution is -2.03. The average molecular weight is 343 g/mol. The number of allylic oxidation sites excluding steroid dienone is 1. The molecule has 0 radical (unpaired) electrons. The van der Waals surface area contributed by atoms with Gasteiger partial charge in [0.2, 0.25) is 5.78 Å². The second-order valence-corrected chi connectivity index (χ2v) is 5.92. The molecule has 1 aliphatic heterocycles. The van der Waals surface area contributed by atoms with Crippen LogP contribution in [0.4, 0.5) is 11.4 Å². The highest BCUT2D eigenvalue weighted by Crippen LogP contribution is 2.42. The molecule has 2 aromatic rings. The first-order valence-electron chi connectivity index (χ1n) is 6.55. The number of hydrogen-bond donors (Lipinski definition) is 0. The second-order valence-electron chi connectivity index (χ2n) is 4.83. The number of carbonyl (C=O) groups is 1. The Kier molecular flexibility index (Phi) is 3.78. The SMILES string of the molecule is O=C1/C(=C/c2cc([N+](=O)[O-])cc([N+](=O)[O-])c2[O-])Sc2ccccc21. The summed E-state index contributed by atoms with van der Waals surface area (Å²) in [7, 11) is 0. The average Bonchev–Trinajstić information content (AvgIpc) is 2.85. The fraction of sp³-hybridized carbons (Fsp3) is 0. The van der Waals surface area contributed by atoms with Crippen molar-refractivity contribution in [1.82, 2.24) is 0 Å². The van der Waals surface area contributed by atoms with Gasteiger partial charge in [-0.1, -0.05) is 23.9 Å². The zero-order valence-corrected chi connectivity index (χ0v) is 12.6. The molecule has 0 unspecified atom stereocenters. The predicted molar refractivity (Wildman–Crippen MR) is 83.8 cm³/mol. The summed E-state index contributed by atoms with van der Waals surface area (Å²) in [6, 6.07) is 8.34. The van der Waals surface area contributed by atoms with Crippen molar-refractivity contribution in [3.05, 3.63) is 72.7 Å². The van der Waals surface area contributed by atoms with Crippen LogP contribution in [0.25, 0.3) is 6.08 Å². The van der Waals surface area contributed by atoms with Gasteiger partial charge in [-0.2, -0.15) is 0 Å². The molecule has 0 aliphatic carbocycles. The third-order valence-corrected chi connectivity index (χ3v) is 4.45. The van der Waals surface area contributed by atoms with Crippen LogP contribution in [0.2, 0.25) is 0 Å². The van der Waals surface area contributed by atoms with E-state index in [1.54, 1.807) is 24.3 Å². The number of ketones is 1. The number of fused-ring (bicyclic) bond motifs is 1. The molecule has 1 aliphatic rings. The van der Waals surface area contributed by atoms with Gasteiger partial charge in [0.15, 0.2) is 0 Å². The number of carbonyl (C=O) groups excluding carboxylic acids is 1. The largest absolute Gasteiger partial charge is 0.867 e. The third kappa shape index (κ3) is 2.61. The van der Waals surface area contributed by atoms with Crippen molar-refractivity contribution in [2.24, 2.45) is 0 Å². The minimum atomic E-state index is -0.976. The molecule has 0 fully saturated rings. The summed E-state index contributed by atoms with van der Waals surface area (Å²) in [5, 5.41) is 33.9. The molecule has 0 atom stereocenters. The Morgan fingerprint density at radius 2 is 1.75 bits per heavy atom. The minimum Gasteiger partial charge on any atom is -0.867 e. The zero-order valence-electron chi connectivity index (χ0n) is 11.8. The Morgan fingerprint density at radius 1 is 1.04 bits per heavy atom. The molecule has 8 nitrogen and oxygen atoms in total. The Morgan fingerprint density at radius 3 is 2.38 bits per heavy atom. The number of rotatable bonds is 3.